The van der Waals surface area contributed by atoms with Crippen LogP contribution in [0.25, 0.3) is 0 Å². The minimum absolute atomic E-state index is 0.524. The van der Waals surface area contributed by atoms with Crippen molar-refractivity contribution in [1.82, 2.24) is 10.3 Å². The van der Waals surface area contributed by atoms with Crippen LogP contribution in [0.2, 0.25) is 0 Å². The second-order valence-corrected chi connectivity index (χ2v) is 6.56. The van der Waals surface area contributed by atoms with Crippen molar-refractivity contribution in [3.63, 3.8) is 0 Å². The zero-order chi connectivity index (χ0) is 13.1. The maximum absolute atomic E-state index is 5.95. The minimum atomic E-state index is 0.524. The summed E-state index contributed by atoms with van der Waals surface area (Å²) < 4.78 is 0. The Labute approximate surface area is 118 Å². The Morgan fingerprint density at radius 2 is 2.11 bits per heavy atom. The number of aromatic nitrogens is 1. The standard InChI is InChI=1S/C14H22N4S/c15-14(17-11-4-2-1-3-5-11)16-8-13-18-12(9-19-13)10-6-7-10/h9-11H,1-8H2,(H3,15,16,17). The van der Waals surface area contributed by atoms with E-state index in [2.05, 4.69) is 20.7 Å². The third-order valence-corrected chi connectivity index (χ3v) is 4.76. The average molecular weight is 278 g/mol. The molecular formula is C14H22N4S. The summed E-state index contributed by atoms with van der Waals surface area (Å²) in [5, 5.41) is 6.59. The van der Waals surface area contributed by atoms with E-state index in [0.717, 1.165) is 10.9 Å². The van der Waals surface area contributed by atoms with Crippen molar-refractivity contribution in [1.29, 1.82) is 0 Å². The molecule has 0 saturated heterocycles. The van der Waals surface area contributed by atoms with Crippen LogP contribution in [0.4, 0.5) is 0 Å². The van der Waals surface area contributed by atoms with Gasteiger partial charge in [-0.3, -0.25) is 0 Å². The number of guanidine groups is 1. The van der Waals surface area contributed by atoms with Crippen molar-refractivity contribution in [2.45, 2.75) is 63.5 Å². The van der Waals surface area contributed by atoms with E-state index in [4.69, 9.17) is 5.73 Å². The molecular weight excluding hydrogens is 256 g/mol. The maximum Gasteiger partial charge on any atom is 0.189 e. The summed E-state index contributed by atoms with van der Waals surface area (Å²) in [6.45, 7) is 0.614. The van der Waals surface area contributed by atoms with Crippen LogP contribution in [0.5, 0.6) is 0 Å². The number of aliphatic imine (C=N–C) groups is 1. The van der Waals surface area contributed by atoms with Crippen LogP contribution in [-0.4, -0.2) is 17.0 Å². The fourth-order valence-electron chi connectivity index (χ4n) is 2.62. The van der Waals surface area contributed by atoms with Crippen molar-refractivity contribution >= 4 is 17.3 Å². The van der Waals surface area contributed by atoms with Gasteiger partial charge in [-0.25, -0.2) is 9.98 Å². The van der Waals surface area contributed by atoms with Crippen LogP contribution in [0, 0.1) is 0 Å². The van der Waals surface area contributed by atoms with Gasteiger partial charge in [-0.15, -0.1) is 11.3 Å². The summed E-state index contributed by atoms with van der Waals surface area (Å²) in [5.41, 5.74) is 7.21. The number of hydrogen-bond acceptors (Lipinski definition) is 3. The number of rotatable bonds is 4. The van der Waals surface area contributed by atoms with Crippen LogP contribution >= 0.6 is 11.3 Å². The summed E-state index contributed by atoms with van der Waals surface area (Å²) in [5.74, 6) is 1.31. The molecule has 2 saturated carbocycles. The first kappa shape index (κ1) is 12.9. The van der Waals surface area contributed by atoms with E-state index in [1.165, 1.54) is 50.6 Å². The lowest BCUT2D eigenvalue weighted by Crippen LogP contribution is -2.41. The van der Waals surface area contributed by atoms with Gasteiger partial charge in [0, 0.05) is 17.3 Å². The van der Waals surface area contributed by atoms with Crippen LogP contribution in [-0.2, 0) is 6.54 Å². The number of nitrogens with two attached hydrogens (primary N) is 1. The topological polar surface area (TPSA) is 63.3 Å². The fraction of sp³-hybridized carbons (Fsp3) is 0.714. The monoisotopic (exact) mass is 278 g/mol. The Kier molecular flexibility index (Phi) is 4.01. The van der Waals surface area contributed by atoms with Crippen LogP contribution < -0.4 is 11.1 Å². The second-order valence-electron chi connectivity index (χ2n) is 5.62. The third-order valence-electron chi connectivity index (χ3n) is 3.91. The zero-order valence-corrected chi connectivity index (χ0v) is 12.1. The molecule has 2 aliphatic rings. The summed E-state index contributed by atoms with van der Waals surface area (Å²) >= 11 is 1.70. The summed E-state index contributed by atoms with van der Waals surface area (Å²) in [6.07, 6.45) is 9.02. The Hall–Kier alpha value is -1.10. The predicted molar refractivity (Wildman–Crippen MR) is 79.4 cm³/mol. The van der Waals surface area contributed by atoms with E-state index in [9.17, 15) is 0 Å². The van der Waals surface area contributed by atoms with Gasteiger partial charge in [0.2, 0.25) is 0 Å². The van der Waals surface area contributed by atoms with Gasteiger partial charge in [-0.2, -0.15) is 0 Å². The highest BCUT2D eigenvalue weighted by Gasteiger charge is 2.25. The molecule has 0 atom stereocenters. The quantitative estimate of drug-likeness (QED) is 0.657. The van der Waals surface area contributed by atoms with E-state index < -0.39 is 0 Å². The van der Waals surface area contributed by atoms with E-state index in [0.29, 0.717) is 18.5 Å². The van der Waals surface area contributed by atoms with Crippen LogP contribution in [0.15, 0.2) is 10.4 Å². The van der Waals surface area contributed by atoms with E-state index in [1.807, 2.05) is 0 Å². The molecule has 0 unspecified atom stereocenters. The molecule has 3 rings (SSSR count). The molecule has 104 valence electrons. The smallest absolute Gasteiger partial charge is 0.189 e. The molecule has 2 aliphatic carbocycles. The van der Waals surface area contributed by atoms with Gasteiger partial charge in [0.25, 0.3) is 0 Å². The molecule has 1 aromatic heterocycles. The van der Waals surface area contributed by atoms with Crippen molar-refractivity contribution in [3.05, 3.63) is 16.1 Å². The molecule has 0 bridgehead atoms. The fourth-order valence-corrected chi connectivity index (χ4v) is 3.42. The zero-order valence-electron chi connectivity index (χ0n) is 11.3. The molecule has 19 heavy (non-hydrogen) atoms. The Balaban J connectivity index is 1.49. The Morgan fingerprint density at radius 3 is 2.84 bits per heavy atom. The molecule has 4 nitrogen and oxygen atoms in total. The molecule has 1 aromatic rings. The average Bonchev–Trinajstić information content (AvgIpc) is 3.17. The lowest BCUT2D eigenvalue weighted by Gasteiger charge is -2.23. The molecule has 0 aromatic carbocycles. The number of hydrogen-bond donors (Lipinski definition) is 2. The predicted octanol–water partition coefficient (Wildman–Crippen LogP) is 2.76. The molecule has 0 radical (unpaired) electrons. The highest BCUT2D eigenvalue weighted by Crippen LogP contribution is 2.40. The Bertz CT molecular complexity index is 444. The molecule has 0 aliphatic heterocycles. The summed E-state index contributed by atoms with van der Waals surface area (Å²) in [7, 11) is 0. The largest absolute Gasteiger partial charge is 0.370 e. The normalized spacial score (nSPS) is 21.6. The van der Waals surface area contributed by atoms with E-state index >= 15 is 0 Å². The SMILES string of the molecule is NC(=NCc1nc(C2CC2)cs1)NC1CCCCC1. The first-order valence-electron chi connectivity index (χ1n) is 7.32. The maximum atomic E-state index is 5.95. The molecule has 0 spiro atoms. The van der Waals surface area contributed by atoms with Gasteiger partial charge in [0.15, 0.2) is 5.96 Å². The van der Waals surface area contributed by atoms with Gasteiger partial charge >= 0.3 is 0 Å². The first-order chi connectivity index (χ1) is 9.31. The summed E-state index contributed by atoms with van der Waals surface area (Å²) in [6, 6.07) is 0.524. The van der Waals surface area contributed by atoms with Crippen LogP contribution in [0.3, 0.4) is 0 Å². The first-order valence-corrected chi connectivity index (χ1v) is 8.20. The number of thiazole rings is 1. The van der Waals surface area contributed by atoms with Crippen molar-refractivity contribution in [3.8, 4) is 0 Å². The van der Waals surface area contributed by atoms with Crippen molar-refractivity contribution < 1.29 is 0 Å². The van der Waals surface area contributed by atoms with E-state index in [1.54, 1.807) is 11.3 Å². The van der Waals surface area contributed by atoms with Gasteiger partial charge in [-0.1, -0.05) is 19.3 Å². The molecule has 5 heteroatoms. The van der Waals surface area contributed by atoms with Crippen molar-refractivity contribution in [2.75, 3.05) is 0 Å². The Morgan fingerprint density at radius 1 is 1.32 bits per heavy atom. The summed E-state index contributed by atoms with van der Waals surface area (Å²) in [4.78, 5) is 9.03. The van der Waals surface area contributed by atoms with Gasteiger partial charge < -0.3 is 11.1 Å². The molecule has 2 fully saturated rings. The van der Waals surface area contributed by atoms with Crippen molar-refractivity contribution in [2.24, 2.45) is 10.7 Å². The lowest BCUT2D eigenvalue weighted by atomic mass is 9.96. The second kappa shape index (κ2) is 5.90. The highest BCUT2D eigenvalue weighted by atomic mass is 32.1. The van der Waals surface area contributed by atoms with Gasteiger partial charge in [0.05, 0.1) is 12.2 Å². The van der Waals surface area contributed by atoms with E-state index in [-0.39, 0.29) is 0 Å². The van der Waals surface area contributed by atoms with Gasteiger partial charge in [0.1, 0.15) is 5.01 Å². The highest BCUT2D eigenvalue weighted by molar-refractivity contribution is 7.09. The van der Waals surface area contributed by atoms with Gasteiger partial charge in [-0.05, 0) is 25.7 Å². The molecule has 0 amide bonds. The lowest BCUT2D eigenvalue weighted by molar-refractivity contribution is 0.412. The number of nitrogens with zero attached hydrogens (tertiary/aromatic N) is 2. The minimum Gasteiger partial charge on any atom is -0.370 e. The number of nitrogens with one attached hydrogen (secondary N) is 1. The van der Waals surface area contributed by atoms with Crippen LogP contribution in [0.1, 0.15) is 61.6 Å². The molecule has 1 heterocycles. The molecule has 3 N–H and O–H groups in total. The third kappa shape index (κ3) is 3.69.